The van der Waals surface area contributed by atoms with Gasteiger partial charge in [-0.1, -0.05) is 18.2 Å². The topological polar surface area (TPSA) is 93.9 Å². The molecule has 178 valence electrons. The van der Waals surface area contributed by atoms with Crippen molar-refractivity contribution < 1.29 is 4.79 Å². The molecule has 34 heavy (non-hydrogen) atoms. The molecule has 7 nitrogen and oxygen atoms in total. The van der Waals surface area contributed by atoms with E-state index in [-0.39, 0.29) is 24.1 Å². The van der Waals surface area contributed by atoms with Gasteiger partial charge in [-0.3, -0.25) is 9.59 Å². The second-order valence-corrected chi connectivity index (χ2v) is 9.87. The van der Waals surface area contributed by atoms with Gasteiger partial charge in [-0.05, 0) is 57.9 Å². The Bertz CT molecular complexity index is 1310. The molecule has 1 atom stereocenters. The molecule has 1 unspecified atom stereocenters. The molecule has 2 aromatic heterocycles. The third-order valence-electron chi connectivity index (χ3n) is 7.03. The van der Waals surface area contributed by atoms with E-state index >= 15 is 0 Å². The van der Waals surface area contributed by atoms with Crippen molar-refractivity contribution in [3.63, 3.8) is 0 Å². The number of para-hydroxylation sites is 1. The van der Waals surface area contributed by atoms with Crippen LogP contribution in [-0.4, -0.2) is 39.7 Å². The zero-order valence-electron chi connectivity index (χ0n) is 20.1. The number of H-pyrrole nitrogens is 1. The van der Waals surface area contributed by atoms with Crippen LogP contribution in [0.15, 0.2) is 40.0 Å². The van der Waals surface area contributed by atoms with E-state index in [4.69, 9.17) is 0 Å². The number of nitrogens with one attached hydrogen (secondary N) is 2. The molecule has 1 aliphatic heterocycles. The lowest BCUT2D eigenvalue weighted by atomic mass is 9.90. The second kappa shape index (κ2) is 9.98. The lowest BCUT2D eigenvalue weighted by Crippen LogP contribution is -2.33. The van der Waals surface area contributed by atoms with Crippen molar-refractivity contribution in [2.75, 3.05) is 19.3 Å². The summed E-state index contributed by atoms with van der Waals surface area (Å²) in [5.74, 6) is 0.260. The second-order valence-electron chi connectivity index (χ2n) is 9.02. The van der Waals surface area contributed by atoms with Crippen molar-refractivity contribution in [3.8, 4) is 6.19 Å². The number of likely N-dealkylation sites (tertiary alicyclic amines) is 1. The number of aromatic amines is 1. The monoisotopic (exact) mass is 477 g/mol. The number of fused-ring (bicyclic) bond motifs is 1. The Morgan fingerprint density at radius 2 is 2.00 bits per heavy atom. The first kappa shape index (κ1) is 24.0. The maximum atomic E-state index is 13.4. The SMILES string of the molecule is CSc1cc(C)[nH]c(=O)c1CNC(=O)c1c(C)n(C(C)C2CCN(C#N)CC2)c2ccccc12. The van der Waals surface area contributed by atoms with E-state index in [0.29, 0.717) is 17.0 Å². The summed E-state index contributed by atoms with van der Waals surface area (Å²) in [5, 5.41) is 13.1. The highest BCUT2D eigenvalue weighted by Crippen LogP contribution is 2.35. The van der Waals surface area contributed by atoms with Crippen LogP contribution in [-0.2, 0) is 6.54 Å². The van der Waals surface area contributed by atoms with Crippen LogP contribution in [0.4, 0.5) is 0 Å². The number of amides is 1. The third-order valence-corrected chi connectivity index (χ3v) is 7.83. The van der Waals surface area contributed by atoms with Gasteiger partial charge in [-0.25, -0.2) is 0 Å². The molecule has 1 fully saturated rings. The Hall–Kier alpha value is -3.18. The molecular formula is C26H31N5O2S. The lowest BCUT2D eigenvalue weighted by molar-refractivity contribution is 0.0951. The summed E-state index contributed by atoms with van der Waals surface area (Å²) < 4.78 is 2.28. The van der Waals surface area contributed by atoms with E-state index in [1.54, 1.807) is 0 Å². The van der Waals surface area contributed by atoms with E-state index < -0.39 is 0 Å². The van der Waals surface area contributed by atoms with Crippen LogP contribution in [0.25, 0.3) is 10.9 Å². The van der Waals surface area contributed by atoms with Crippen LogP contribution in [0, 0.1) is 31.2 Å². The van der Waals surface area contributed by atoms with Gasteiger partial charge in [0.2, 0.25) is 0 Å². The van der Waals surface area contributed by atoms with E-state index in [0.717, 1.165) is 53.1 Å². The molecular weight excluding hydrogens is 446 g/mol. The molecule has 3 heterocycles. The Morgan fingerprint density at radius 1 is 1.29 bits per heavy atom. The summed E-state index contributed by atoms with van der Waals surface area (Å²) in [6.45, 7) is 7.80. The molecule has 1 saturated heterocycles. The van der Waals surface area contributed by atoms with Crippen molar-refractivity contribution >= 4 is 28.6 Å². The molecule has 1 aliphatic rings. The van der Waals surface area contributed by atoms with Gasteiger partial charge in [0.25, 0.3) is 11.5 Å². The third kappa shape index (κ3) is 4.45. The largest absolute Gasteiger partial charge is 0.348 e. The number of thioether (sulfide) groups is 1. The highest BCUT2D eigenvalue weighted by molar-refractivity contribution is 7.98. The number of nitriles is 1. The van der Waals surface area contributed by atoms with Gasteiger partial charge in [0, 0.05) is 58.4 Å². The van der Waals surface area contributed by atoms with Gasteiger partial charge in [-0.2, -0.15) is 5.26 Å². The molecule has 8 heteroatoms. The maximum absolute atomic E-state index is 13.4. The molecule has 0 spiro atoms. The number of nitrogens with zero attached hydrogens (tertiary/aromatic N) is 3. The molecule has 2 N–H and O–H groups in total. The minimum absolute atomic E-state index is 0.166. The molecule has 0 saturated carbocycles. The Morgan fingerprint density at radius 3 is 2.68 bits per heavy atom. The number of hydrogen-bond donors (Lipinski definition) is 2. The first-order valence-electron chi connectivity index (χ1n) is 11.6. The molecule has 1 amide bonds. The minimum atomic E-state index is -0.175. The molecule has 4 rings (SSSR count). The fraction of sp³-hybridized carbons (Fsp3) is 0.423. The summed E-state index contributed by atoms with van der Waals surface area (Å²) in [5.41, 5.74) is 3.84. The number of benzene rings is 1. The fourth-order valence-corrected chi connectivity index (χ4v) is 5.89. The van der Waals surface area contributed by atoms with E-state index in [9.17, 15) is 14.9 Å². The van der Waals surface area contributed by atoms with Crippen molar-refractivity contribution in [1.29, 1.82) is 5.26 Å². The Balaban J connectivity index is 1.64. The number of piperidine rings is 1. The van der Waals surface area contributed by atoms with Gasteiger partial charge in [0.1, 0.15) is 0 Å². The molecule has 3 aromatic rings. The predicted molar refractivity (Wildman–Crippen MR) is 136 cm³/mol. The summed E-state index contributed by atoms with van der Waals surface area (Å²) >= 11 is 1.50. The summed E-state index contributed by atoms with van der Waals surface area (Å²) in [6.07, 6.45) is 6.09. The highest BCUT2D eigenvalue weighted by Gasteiger charge is 2.29. The van der Waals surface area contributed by atoms with Gasteiger partial charge in [-0.15, -0.1) is 11.8 Å². The van der Waals surface area contributed by atoms with Gasteiger partial charge < -0.3 is 19.8 Å². The average molecular weight is 478 g/mol. The molecule has 0 bridgehead atoms. The smallest absolute Gasteiger partial charge is 0.254 e. The summed E-state index contributed by atoms with van der Waals surface area (Å²) in [7, 11) is 0. The van der Waals surface area contributed by atoms with Crippen LogP contribution in [0.2, 0.25) is 0 Å². The van der Waals surface area contributed by atoms with E-state index in [2.05, 4.69) is 34.1 Å². The van der Waals surface area contributed by atoms with Gasteiger partial charge >= 0.3 is 0 Å². The molecule has 1 aromatic carbocycles. The highest BCUT2D eigenvalue weighted by atomic mass is 32.2. The fourth-order valence-electron chi connectivity index (χ4n) is 5.19. The Kier molecular flexibility index (Phi) is 7.03. The van der Waals surface area contributed by atoms with Gasteiger partial charge in [0.15, 0.2) is 6.19 Å². The molecule has 0 radical (unpaired) electrons. The van der Waals surface area contributed by atoms with E-state index in [1.165, 1.54) is 11.8 Å². The van der Waals surface area contributed by atoms with Crippen molar-refractivity contribution in [2.24, 2.45) is 5.92 Å². The number of aryl methyl sites for hydroxylation is 1. The van der Waals surface area contributed by atoms with Crippen molar-refractivity contribution in [1.82, 2.24) is 19.8 Å². The summed E-state index contributed by atoms with van der Waals surface area (Å²) in [6, 6.07) is 10.2. The standard InChI is InChI=1S/C26H31N5O2S/c1-16-13-23(34-4)21(25(32)29-16)14-28-26(33)24-18(3)31(22-8-6-5-7-20(22)24)17(2)19-9-11-30(15-27)12-10-19/h5-8,13,17,19H,9-12,14H2,1-4H3,(H,28,33)(H,29,32). The van der Waals surface area contributed by atoms with E-state index in [1.807, 2.05) is 49.3 Å². The summed E-state index contributed by atoms with van der Waals surface area (Å²) in [4.78, 5) is 31.5. The Labute approximate surface area is 204 Å². The lowest BCUT2D eigenvalue weighted by Gasteiger charge is -2.33. The van der Waals surface area contributed by atoms with Gasteiger partial charge in [0.05, 0.1) is 5.56 Å². The number of pyridine rings is 1. The number of carbonyl (C=O) groups is 1. The van der Waals surface area contributed by atoms with Crippen molar-refractivity contribution in [3.05, 3.63) is 63.2 Å². The quantitative estimate of drug-likeness (QED) is 0.407. The zero-order valence-corrected chi connectivity index (χ0v) is 21.0. The first-order valence-corrected chi connectivity index (χ1v) is 12.9. The average Bonchev–Trinajstić information content (AvgIpc) is 3.14. The van der Waals surface area contributed by atoms with Crippen LogP contribution < -0.4 is 10.9 Å². The number of rotatable bonds is 6. The van der Waals surface area contributed by atoms with Crippen LogP contribution in [0.1, 0.15) is 53.1 Å². The first-order chi connectivity index (χ1) is 16.3. The van der Waals surface area contributed by atoms with Crippen molar-refractivity contribution in [2.45, 2.75) is 51.1 Å². The predicted octanol–water partition coefficient (Wildman–Crippen LogP) is 4.35. The number of carbonyl (C=O) groups excluding carboxylic acids is 1. The maximum Gasteiger partial charge on any atom is 0.254 e. The normalized spacial score (nSPS) is 15.3. The zero-order chi connectivity index (χ0) is 24.4. The number of hydrogen-bond acceptors (Lipinski definition) is 5. The van der Waals surface area contributed by atoms with Crippen LogP contribution in [0.5, 0.6) is 0 Å². The minimum Gasteiger partial charge on any atom is -0.348 e. The van der Waals surface area contributed by atoms with Crippen LogP contribution >= 0.6 is 11.8 Å². The van der Waals surface area contributed by atoms with Crippen LogP contribution in [0.3, 0.4) is 0 Å². The molecule has 0 aliphatic carbocycles. The number of aromatic nitrogens is 2.